The summed E-state index contributed by atoms with van der Waals surface area (Å²) < 4.78 is 5.76. The summed E-state index contributed by atoms with van der Waals surface area (Å²) in [6.07, 6.45) is 5.99. The van der Waals surface area contributed by atoms with Crippen LogP contribution >= 0.6 is 11.6 Å². The SMILES string of the molecule is CN1CCC(OC2=NC(Cl)NC=C2)CC1. The summed E-state index contributed by atoms with van der Waals surface area (Å²) in [6.45, 7) is 2.18. The number of likely N-dealkylation sites (tertiary alicyclic amines) is 1. The largest absolute Gasteiger partial charge is 0.474 e. The first-order valence-corrected chi connectivity index (χ1v) is 5.67. The molecule has 5 heteroatoms. The van der Waals surface area contributed by atoms with Crippen LogP contribution in [0.25, 0.3) is 0 Å². The van der Waals surface area contributed by atoms with E-state index < -0.39 is 5.62 Å². The highest BCUT2D eigenvalue weighted by molar-refractivity contribution is 6.21. The molecule has 0 bridgehead atoms. The highest BCUT2D eigenvalue weighted by Crippen LogP contribution is 2.14. The van der Waals surface area contributed by atoms with Crippen LogP contribution in [0.15, 0.2) is 17.3 Å². The number of nitrogens with one attached hydrogen (secondary N) is 1. The lowest BCUT2D eigenvalue weighted by atomic mass is 10.1. The number of piperidine rings is 1. The van der Waals surface area contributed by atoms with E-state index in [1.807, 2.05) is 6.08 Å². The Bertz CT molecular complexity index is 272. The van der Waals surface area contributed by atoms with Gasteiger partial charge in [0.2, 0.25) is 5.90 Å². The van der Waals surface area contributed by atoms with Crippen LogP contribution in [0.2, 0.25) is 0 Å². The Labute approximate surface area is 94.9 Å². The van der Waals surface area contributed by atoms with Crippen LogP contribution in [0.1, 0.15) is 12.8 Å². The Hall–Kier alpha value is -0.740. The molecule has 0 amide bonds. The van der Waals surface area contributed by atoms with Crippen molar-refractivity contribution >= 4 is 17.5 Å². The molecule has 1 unspecified atom stereocenters. The molecule has 2 aliphatic rings. The first-order chi connectivity index (χ1) is 7.24. The summed E-state index contributed by atoms with van der Waals surface area (Å²) in [5.74, 6) is 0.642. The molecule has 1 fully saturated rings. The Morgan fingerprint density at radius 2 is 2.27 bits per heavy atom. The number of hydrogen-bond acceptors (Lipinski definition) is 4. The number of aliphatic imine (C=N–C) groups is 1. The third-order valence-corrected chi connectivity index (χ3v) is 2.88. The summed E-state index contributed by atoms with van der Waals surface area (Å²) in [6, 6.07) is 0. The molecule has 0 aromatic heterocycles. The lowest BCUT2D eigenvalue weighted by Gasteiger charge is -2.29. The van der Waals surface area contributed by atoms with Gasteiger partial charge in [0.25, 0.3) is 0 Å². The molecule has 2 heterocycles. The van der Waals surface area contributed by atoms with E-state index in [9.17, 15) is 0 Å². The van der Waals surface area contributed by atoms with E-state index in [0.29, 0.717) is 5.90 Å². The molecule has 1 saturated heterocycles. The second-order valence-corrected chi connectivity index (χ2v) is 4.34. The number of rotatable bonds is 1. The van der Waals surface area contributed by atoms with Crippen LogP contribution in [0.4, 0.5) is 0 Å². The van der Waals surface area contributed by atoms with Gasteiger partial charge in [0.15, 0.2) is 5.62 Å². The summed E-state index contributed by atoms with van der Waals surface area (Å²) in [5, 5.41) is 2.87. The highest BCUT2D eigenvalue weighted by atomic mass is 35.5. The van der Waals surface area contributed by atoms with Crippen LogP contribution < -0.4 is 5.32 Å². The standard InChI is InChI=1S/C10H16ClN3O/c1-14-6-3-8(4-7-14)15-9-2-5-12-10(11)13-9/h2,5,8,10,12H,3-4,6-7H2,1H3. The van der Waals surface area contributed by atoms with Crippen LogP contribution in [0, 0.1) is 0 Å². The van der Waals surface area contributed by atoms with Gasteiger partial charge in [0, 0.05) is 25.4 Å². The van der Waals surface area contributed by atoms with Crippen molar-refractivity contribution in [1.29, 1.82) is 0 Å². The van der Waals surface area contributed by atoms with Crippen LogP contribution in [-0.4, -0.2) is 42.7 Å². The predicted molar refractivity (Wildman–Crippen MR) is 61.0 cm³/mol. The van der Waals surface area contributed by atoms with Crippen molar-refractivity contribution in [2.75, 3.05) is 20.1 Å². The number of hydrogen-bond donors (Lipinski definition) is 1. The average Bonchev–Trinajstić information content (AvgIpc) is 2.22. The quantitative estimate of drug-likeness (QED) is 0.541. The molecule has 2 aliphatic heterocycles. The van der Waals surface area contributed by atoms with Gasteiger partial charge in [-0.1, -0.05) is 11.6 Å². The first kappa shape index (κ1) is 10.8. The zero-order valence-corrected chi connectivity index (χ0v) is 9.57. The molecule has 15 heavy (non-hydrogen) atoms. The molecule has 1 N–H and O–H groups in total. The van der Waals surface area contributed by atoms with Gasteiger partial charge in [-0.3, -0.25) is 0 Å². The number of alkyl halides is 1. The van der Waals surface area contributed by atoms with Gasteiger partial charge in [0.05, 0.1) is 0 Å². The monoisotopic (exact) mass is 229 g/mol. The third kappa shape index (κ3) is 3.11. The molecule has 1 atom stereocenters. The summed E-state index contributed by atoms with van der Waals surface area (Å²) >= 11 is 5.81. The summed E-state index contributed by atoms with van der Waals surface area (Å²) in [5.41, 5.74) is -0.392. The minimum Gasteiger partial charge on any atom is -0.474 e. The maximum atomic E-state index is 5.81. The van der Waals surface area contributed by atoms with Crippen molar-refractivity contribution in [3.05, 3.63) is 12.3 Å². The molecule has 84 valence electrons. The van der Waals surface area contributed by atoms with Crippen molar-refractivity contribution in [2.24, 2.45) is 4.99 Å². The minimum absolute atomic E-state index is 0.284. The molecule has 0 spiro atoms. The normalized spacial score (nSPS) is 28.4. The van der Waals surface area contributed by atoms with E-state index in [-0.39, 0.29) is 6.10 Å². The number of ether oxygens (including phenoxy) is 1. The molecule has 4 nitrogen and oxygen atoms in total. The van der Waals surface area contributed by atoms with Crippen molar-refractivity contribution in [1.82, 2.24) is 10.2 Å². The molecular formula is C10H16ClN3O. The Morgan fingerprint density at radius 3 is 2.93 bits per heavy atom. The summed E-state index contributed by atoms with van der Waals surface area (Å²) in [7, 11) is 2.13. The Morgan fingerprint density at radius 1 is 1.53 bits per heavy atom. The van der Waals surface area contributed by atoms with E-state index in [1.54, 1.807) is 6.20 Å². The van der Waals surface area contributed by atoms with Gasteiger partial charge >= 0.3 is 0 Å². The molecule has 0 aromatic carbocycles. The topological polar surface area (TPSA) is 36.9 Å². The lowest BCUT2D eigenvalue weighted by molar-refractivity contribution is 0.105. The van der Waals surface area contributed by atoms with Gasteiger partial charge in [-0.05, 0) is 19.9 Å². The van der Waals surface area contributed by atoms with Crippen LogP contribution in [0.3, 0.4) is 0 Å². The number of halogens is 1. The zero-order chi connectivity index (χ0) is 10.7. The van der Waals surface area contributed by atoms with Gasteiger partial charge in [-0.15, -0.1) is 0 Å². The summed E-state index contributed by atoms with van der Waals surface area (Å²) in [4.78, 5) is 6.45. The molecule has 0 aliphatic carbocycles. The van der Waals surface area contributed by atoms with Gasteiger partial charge < -0.3 is 15.0 Å². The fraction of sp³-hybridized carbons (Fsp3) is 0.700. The maximum Gasteiger partial charge on any atom is 0.213 e. The van der Waals surface area contributed by atoms with Crippen molar-refractivity contribution in [2.45, 2.75) is 24.6 Å². The minimum atomic E-state index is -0.392. The van der Waals surface area contributed by atoms with E-state index >= 15 is 0 Å². The number of nitrogens with zero attached hydrogens (tertiary/aromatic N) is 2. The predicted octanol–water partition coefficient (Wildman–Crippen LogP) is 1.14. The van der Waals surface area contributed by atoms with E-state index in [2.05, 4.69) is 22.3 Å². The van der Waals surface area contributed by atoms with E-state index in [1.165, 1.54) is 0 Å². The van der Waals surface area contributed by atoms with E-state index in [4.69, 9.17) is 16.3 Å². The average molecular weight is 230 g/mol. The van der Waals surface area contributed by atoms with Gasteiger partial charge in [0.1, 0.15) is 6.10 Å². The van der Waals surface area contributed by atoms with Gasteiger partial charge in [-0.25, -0.2) is 4.99 Å². The molecule has 0 saturated carbocycles. The van der Waals surface area contributed by atoms with E-state index in [0.717, 1.165) is 25.9 Å². The van der Waals surface area contributed by atoms with Crippen LogP contribution in [-0.2, 0) is 4.74 Å². The smallest absolute Gasteiger partial charge is 0.213 e. The van der Waals surface area contributed by atoms with Crippen LogP contribution in [0.5, 0.6) is 0 Å². The van der Waals surface area contributed by atoms with Crippen molar-refractivity contribution in [3.63, 3.8) is 0 Å². The van der Waals surface area contributed by atoms with Gasteiger partial charge in [-0.2, -0.15) is 0 Å². The highest BCUT2D eigenvalue weighted by Gasteiger charge is 2.19. The maximum absolute atomic E-state index is 5.81. The fourth-order valence-corrected chi connectivity index (χ4v) is 1.90. The third-order valence-electron chi connectivity index (χ3n) is 2.65. The second kappa shape index (κ2) is 4.86. The zero-order valence-electron chi connectivity index (χ0n) is 8.82. The molecule has 2 rings (SSSR count). The Balaban J connectivity index is 1.84. The molecule has 0 aromatic rings. The Kier molecular flexibility index (Phi) is 3.49. The fourth-order valence-electron chi connectivity index (χ4n) is 1.73. The molecular weight excluding hydrogens is 214 g/mol. The van der Waals surface area contributed by atoms with Crippen molar-refractivity contribution in [3.8, 4) is 0 Å². The van der Waals surface area contributed by atoms with Crippen molar-refractivity contribution < 1.29 is 4.74 Å². The first-order valence-electron chi connectivity index (χ1n) is 5.24. The second-order valence-electron chi connectivity index (χ2n) is 3.92. The lowest BCUT2D eigenvalue weighted by Crippen LogP contribution is -2.36. The molecule has 0 radical (unpaired) electrons.